The predicted molar refractivity (Wildman–Crippen MR) is 109 cm³/mol. The first-order valence-corrected chi connectivity index (χ1v) is 9.50. The van der Waals surface area contributed by atoms with Gasteiger partial charge in [0.25, 0.3) is 5.91 Å². The maximum Gasteiger partial charge on any atom is 0.311 e. The van der Waals surface area contributed by atoms with E-state index in [1.54, 1.807) is 36.3 Å². The Morgan fingerprint density at radius 1 is 1.10 bits per heavy atom. The van der Waals surface area contributed by atoms with E-state index in [4.69, 9.17) is 9.47 Å². The molecular weight excluding hydrogens is 372 g/mol. The van der Waals surface area contributed by atoms with E-state index in [-0.39, 0.29) is 18.9 Å². The summed E-state index contributed by atoms with van der Waals surface area (Å²) >= 11 is 0. The molecule has 29 heavy (non-hydrogen) atoms. The van der Waals surface area contributed by atoms with Gasteiger partial charge in [-0.05, 0) is 48.4 Å². The highest BCUT2D eigenvalue weighted by molar-refractivity contribution is 6.00. The van der Waals surface area contributed by atoms with Gasteiger partial charge >= 0.3 is 5.97 Å². The SMILES string of the molecule is CCc1ccc(N2C[C@@H](C(=O)OCC(=O)Nc3ccc(OC)cc3)CC2=O)cc1. The molecule has 1 aliphatic rings. The molecule has 3 rings (SSSR count). The topological polar surface area (TPSA) is 84.9 Å². The first kappa shape index (κ1) is 20.4. The van der Waals surface area contributed by atoms with E-state index in [2.05, 4.69) is 12.2 Å². The van der Waals surface area contributed by atoms with Crippen molar-refractivity contribution in [3.05, 3.63) is 54.1 Å². The van der Waals surface area contributed by atoms with Gasteiger partial charge in [0, 0.05) is 24.3 Å². The van der Waals surface area contributed by atoms with Crippen LogP contribution in [0.5, 0.6) is 5.75 Å². The fraction of sp³-hybridized carbons (Fsp3) is 0.318. The number of nitrogens with zero attached hydrogens (tertiary/aromatic N) is 1. The maximum absolute atomic E-state index is 12.3. The molecule has 1 aliphatic heterocycles. The Kier molecular flexibility index (Phi) is 6.49. The molecule has 0 spiro atoms. The molecule has 1 N–H and O–H groups in total. The Bertz CT molecular complexity index is 877. The minimum Gasteiger partial charge on any atom is -0.497 e. The van der Waals surface area contributed by atoms with Gasteiger partial charge in [-0.1, -0.05) is 19.1 Å². The summed E-state index contributed by atoms with van der Waals surface area (Å²) in [5.74, 6) is -1.02. The number of ether oxygens (including phenoxy) is 2. The van der Waals surface area contributed by atoms with Gasteiger partial charge in [-0.2, -0.15) is 0 Å². The standard InChI is InChI=1S/C22H24N2O5/c1-3-15-4-8-18(9-5-15)24-13-16(12-21(24)26)22(27)29-14-20(25)23-17-6-10-19(28-2)11-7-17/h4-11,16H,3,12-14H2,1-2H3,(H,23,25)/t16-/m0/s1. The van der Waals surface area contributed by atoms with Crippen LogP contribution in [0.4, 0.5) is 11.4 Å². The van der Waals surface area contributed by atoms with Gasteiger partial charge in [-0.15, -0.1) is 0 Å². The summed E-state index contributed by atoms with van der Waals surface area (Å²) in [6.07, 6.45) is 0.996. The Balaban J connectivity index is 1.50. The van der Waals surface area contributed by atoms with Crippen molar-refractivity contribution in [2.24, 2.45) is 5.92 Å². The van der Waals surface area contributed by atoms with Gasteiger partial charge in [0.1, 0.15) is 5.75 Å². The number of rotatable bonds is 7. The van der Waals surface area contributed by atoms with Crippen molar-refractivity contribution in [3.8, 4) is 5.75 Å². The van der Waals surface area contributed by atoms with Crippen LogP contribution in [-0.2, 0) is 25.5 Å². The average molecular weight is 396 g/mol. The summed E-state index contributed by atoms with van der Waals surface area (Å²) in [5, 5.41) is 2.64. The van der Waals surface area contributed by atoms with Crippen molar-refractivity contribution >= 4 is 29.2 Å². The molecule has 0 aromatic heterocycles. The zero-order valence-corrected chi connectivity index (χ0v) is 16.5. The molecule has 1 fully saturated rings. The Morgan fingerprint density at radius 3 is 2.41 bits per heavy atom. The summed E-state index contributed by atoms with van der Waals surface area (Å²) < 4.78 is 10.2. The lowest BCUT2D eigenvalue weighted by molar-refractivity contribution is -0.151. The third-order valence-electron chi connectivity index (χ3n) is 4.83. The van der Waals surface area contributed by atoms with Crippen LogP contribution < -0.4 is 15.0 Å². The Hall–Kier alpha value is -3.35. The average Bonchev–Trinajstić information content (AvgIpc) is 3.14. The zero-order valence-electron chi connectivity index (χ0n) is 16.5. The zero-order chi connectivity index (χ0) is 20.8. The largest absolute Gasteiger partial charge is 0.497 e. The fourth-order valence-corrected chi connectivity index (χ4v) is 3.15. The Labute approximate surface area is 169 Å². The summed E-state index contributed by atoms with van der Waals surface area (Å²) in [7, 11) is 1.56. The van der Waals surface area contributed by atoms with E-state index in [1.807, 2.05) is 24.3 Å². The molecule has 0 radical (unpaired) electrons. The number of amides is 2. The van der Waals surface area contributed by atoms with E-state index < -0.39 is 24.4 Å². The van der Waals surface area contributed by atoms with Crippen LogP contribution in [0.15, 0.2) is 48.5 Å². The van der Waals surface area contributed by atoms with Crippen LogP contribution in [0.25, 0.3) is 0 Å². The predicted octanol–water partition coefficient (Wildman–Crippen LogP) is 2.79. The number of anilines is 2. The molecule has 1 saturated heterocycles. The normalized spacial score (nSPS) is 15.9. The number of aryl methyl sites for hydroxylation is 1. The van der Waals surface area contributed by atoms with Crippen molar-refractivity contribution in [2.45, 2.75) is 19.8 Å². The third kappa shape index (κ3) is 5.13. The van der Waals surface area contributed by atoms with E-state index in [9.17, 15) is 14.4 Å². The second-order valence-corrected chi connectivity index (χ2v) is 6.81. The van der Waals surface area contributed by atoms with Crippen LogP contribution in [0.1, 0.15) is 18.9 Å². The van der Waals surface area contributed by atoms with Crippen LogP contribution in [-0.4, -0.2) is 38.0 Å². The molecule has 0 bridgehead atoms. The lowest BCUT2D eigenvalue weighted by atomic mass is 10.1. The lowest BCUT2D eigenvalue weighted by Gasteiger charge is -2.17. The highest BCUT2D eigenvalue weighted by Crippen LogP contribution is 2.26. The van der Waals surface area contributed by atoms with Crippen molar-refractivity contribution < 1.29 is 23.9 Å². The smallest absolute Gasteiger partial charge is 0.311 e. The van der Waals surface area contributed by atoms with Crippen molar-refractivity contribution in [2.75, 3.05) is 30.5 Å². The van der Waals surface area contributed by atoms with Crippen molar-refractivity contribution in [3.63, 3.8) is 0 Å². The summed E-state index contributed by atoms with van der Waals surface area (Å²) in [5.41, 5.74) is 2.52. The second-order valence-electron chi connectivity index (χ2n) is 6.81. The highest BCUT2D eigenvalue weighted by Gasteiger charge is 2.36. The van der Waals surface area contributed by atoms with Crippen LogP contribution >= 0.6 is 0 Å². The molecule has 2 aromatic carbocycles. The highest BCUT2D eigenvalue weighted by atomic mass is 16.5. The number of nitrogens with one attached hydrogen (secondary N) is 1. The minimum atomic E-state index is -0.581. The van der Waals surface area contributed by atoms with Crippen molar-refractivity contribution in [1.29, 1.82) is 0 Å². The van der Waals surface area contributed by atoms with E-state index >= 15 is 0 Å². The number of methoxy groups -OCH3 is 1. The molecule has 2 amide bonds. The number of hydrogen-bond acceptors (Lipinski definition) is 5. The van der Waals surface area contributed by atoms with Gasteiger partial charge in [0.05, 0.1) is 13.0 Å². The molecule has 0 saturated carbocycles. The lowest BCUT2D eigenvalue weighted by Crippen LogP contribution is -2.28. The number of benzene rings is 2. The summed E-state index contributed by atoms with van der Waals surface area (Å²) in [4.78, 5) is 38.2. The minimum absolute atomic E-state index is 0.0778. The molecule has 0 aliphatic carbocycles. The summed E-state index contributed by atoms with van der Waals surface area (Å²) in [6, 6.07) is 14.5. The van der Waals surface area contributed by atoms with Crippen LogP contribution in [0.2, 0.25) is 0 Å². The number of carbonyl (C=O) groups excluding carboxylic acids is 3. The first-order valence-electron chi connectivity index (χ1n) is 9.50. The van der Waals surface area contributed by atoms with Crippen LogP contribution in [0, 0.1) is 5.92 Å². The number of esters is 1. The Morgan fingerprint density at radius 2 is 1.79 bits per heavy atom. The monoisotopic (exact) mass is 396 g/mol. The second kappa shape index (κ2) is 9.23. The molecule has 1 heterocycles. The summed E-state index contributed by atoms with van der Waals surface area (Å²) in [6.45, 7) is 1.91. The van der Waals surface area contributed by atoms with Gasteiger partial charge < -0.3 is 19.7 Å². The molecule has 0 unspecified atom stereocenters. The molecule has 1 atom stereocenters. The van der Waals surface area contributed by atoms with Gasteiger partial charge in [-0.3, -0.25) is 14.4 Å². The molecular formula is C22H24N2O5. The molecule has 7 heteroatoms. The molecule has 7 nitrogen and oxygen atoms in total. The van der Waals surface area contributed by atoms with Gasteiger partial charge in [0.2, 0.25) is 5.91 Å². The quantitative estimate of drug-likeness (QED) is 0.728. The van der Waals surface area contributed by atoms with E-state index in [0.29, 0.717) is 11.4 Å². The van der Waals surface area contributed by atoms with Crippen molar-refractivity contribution in [1.82, 2.24) is 0 Å². The van der Waals surface area contributed by atoms with E-state index in [1.165, 1.54) is 5.56 Å². The first-order chi connectivity index (χ1) is 14.0. The fourth-order valence-electron chi connectivity index (χ4n) is 3.15. The number of carbonyl (C=O) groups is 3. The van der Waals surface area contributed by atoms with E-state index in [0.717, 1.165) is 12.1 Å². The molecule has 152 valence electrons. The number of hydrogen-bond donors (Lipinski definition) is 1. The third-order valence-corrected chi connectivity index (χ3v) is 4.83. The van der Waals surface area contributed by atoms with Gasteiger partial charge in [-0.25, -0.2) is 0 Å². The van der Waals surface area contributed by atoms with Crippen LogP contribution in [0.3, 0.4) is 0 Å². The molecule has 2 aromatic rings. The van der Waals surface area contributed by atoms with Gasteiger partial charge in [0.15, 0.2) is 6.61 Å². The maximum atomic E-state index is 12.3.